The van der Waals surface area contributed by atoms with Crippen molar-refractivity contribution >= 4 is 23.4 Å². The number of nitrogens with zero attached hydrogens (tertiary/aromatic N) is 6. The summed E-state index contributed by atoms with van der Waals surface area (Å²) in [5.74, 6) is 1.16. The van der Waals surface area contributed by atoms with Gasteiger partial charge in [0.2, 0.25) is 17.5 Å². The van der Waals surface area contributed by atoms with Gasteiger partial charge in [0.25, 0.3) is 0 Å². The van der Waals surface area contributed by atoms with E-state index in [1.54, 1.807) is 6.92 Å². The standard InChI is InChI=1S/C23H29ClN6O2/c1-17(19-5-3-4-6-20(19)24)28-9-7-27(8-10-28)16-22(31)29-11-13-30(14-12-29)23-21(15-25)26-18(2)32-23/h3-6,17H,7-14,16H2,1-2H3. The molecule has 1 aromatic carbocycles. The molecule has 1 atom stereocenters. The Morgan fingerprint density at radius 3 is 2.50 bits per heavy atom. The first-order valence-corrected chi connectivity index (χ1v) is 11.4. The van der Waals surface area contributed by atoms with E-state index in [9.17, 15) is 10.1 Å². The number of nitriles is 1. The molecule has 0 aliphatic carbocycles. The molecule has 0 bridgehead atoms. The number of amides is 1. The number of piperazine rings is 2. The van der Waals surface area contributed by atoms with E-state index in [1.807, 2.05) is 28.0 Å². The van der Waals surface area contributed by atoms with Crippen molar-refractivity contribution in [1.82, 2.24) is 19.7 Å². The molecule has 2 fully saturated rings. The molecule has 4 rings (SSSR count). The van der Waals surface area contributed by atoms with Gasteiger partial charge in [0.15, 0.2) is 5.89 Å². The maximum absolute atomic E-state index is 12.9. The number of benzene rings is 1. The van der Waals surface area contributed by atoms with Gasteiger partial charge in [-0.3, -0.25) is 14.6 Å². The number of aromatic nitrogens is 1. The molecular formula is C23H29ClN6O2. The molecule has 1 amide bonds. The van der Waals surface area contributed by atoms with Crippen molar-refractivity contribution in [3.8, 4) is 6.07 Å². The Kier molecular flexibility index (Phi) is 6.99. The number of rotatable bonds is 5. The summed E-state index contributed by atoms with van der Waals surface area (Å²) in [7, 11) is 0. The Hall–Kier alpha value is -2.60. The third-order valence-electron chi connectivity index (χ3n) is 6.41. The predicted molar refractivity (Wildman–Crippen MR) is 123 cm³/mol. The van der Waals surface area contributed by atoms with Gasteiger partial charge in [0.05, 0.1) is 6.54 Å². The highest BCUT2D eigenvalue weighted by Gasteiger charge is 2.28. The number of halogens is 1. The molecular weight excluding hydrogens is 428 g/mol. The van der Waals surface area contributed by atoms with Gasteiger partial charge < -0.3 is 14.2 Å². The lowest BCUT2D eigenvalue weighted by Crippen LogP contribution is -2.54. The number of hydrogen-bond acceptors (Lipinski definition) is 7. The van der Waals surface area contributed by atoms with Crippen molar-refractivity contribution in [1.29, 1.82) is 5.26 Å². The zero-order valence-corrected chi connectivity index (χ0v) is 19.4. The van der Waals surface area contributed by atoms with Crippen LogP contribution in [0, 0.1) is 18.3 Å². The molecule has 9 heteroatoms. The lowest BCUT2D eigenvalue weighted by Gasteiger charge is -2.39. The van der Waals surface area contributed by atoms with Crippen LogP contribution in [-0.4, -0.2) is 84.5 Å². The van der Waals surface area contributed by atoms with E-state index in [-0.39, 0.29) is 11.9 Å². The molecule has 2 aromatic rings. The normalized spacial score (nSPS) is 19.1. The van der Waals surface area contributed by atoms with Crippen molar-refractivity contribution in [2.24, 2.45) is 0 Å². The number of carbonyl (C=O) groups excluding carboxylic acids is 1. The van der Waals surface area contributed by atoms with Crippen molar-refractivity contribution < 1.29 is 9.21 Å². The first-order chi connectivity index (χ1) is 15.5. The van der Waals surface area contributed by atoms with E-state index < -0.39 is 0 Å². The Morgan fingerprint density at radius 1 is 1.16 bits per heavy atom. The molecule has 2 aliphatic heterocycles. The average Bonchev–Trinajstić information content (AvgIpc) is 3.20. The van der Waals surface area contributed by atoms with E-state index >= 15 is 0 Å². The number of anilines is 1. The molecule has 0 radical (unpaired) electrons. The van der Waals surface area contributed by atoms with E-state index in [0.29, 0.717) is 50.2 Å². The lowest BCUT2D eigenvalue weighted by atomic mass is 10.1. The summed E-state index contributed by atoms with van der Waals surface area (Å²) in [6, 6.07) is 10.3. The van der Waals surface area contributed by atoms with E-state index in [2.05, 4.69) is 33.8 Å². The van der Waals surface area contributed by atoms with Crippen LogP contribution in [0.15, 0.2) is 28.7 Å². The Bertz CT molecular complexity index is 987. The van der Waals surface area contributed by atoms with Gasteiger partial charge in [-0.1, -0.05) is 29.8 Å². The van der Waals surface area contributed by atoms with Crippen LogP contribution in [0.4, 0.5) is 5.88 Å². The molecule has 170 valence electrons. The first kappa shape index (κ1) is 22.6. The Labute approximate surface area is 193 Å². The summed E-state index contributed by atoms with van der Waals surface area (Å²) in [5, 5.41) is 10.0. The van der Waals surface area contributed by atoms with E-state index in [0.717, 1.165) is 36.8 Å². The third-order valence-corrected chi connectivity index (χ3v) is 6.75. The molecule has 0 N–H and O–H groups in total. The quantitative estimate of drug-likeness (QED) is 0.683. The second kappa shape index (κ2) is 9.90. The number of hydrogen-bond donors (Lipinski definition) is 0. The third kappa shape index (κ3) is 4.90. The average molecular weight is 457 g/mol. The van der Waals surface area contributed by atoms with Crippen LogP contribution in [0.25, 0.3) is 0 Å². The fourth-order valence-electron chi connectivity index (χ4n) is 4.47. The minimum Gasteiger partial charge on any atom is -0.424 e. The maximum Gasteiger partial charge on any atom is 0.236 e. The van der Waals surface area contributed by atoms with Gasteiger partial charge in [-0.05, 0) is 18.6 Å². The Morgan fingerprint density at radius 2 is 1.84 bits per heavy atom. The van der Waals surface area contributed by atoms with Crippen LogP contribution >= 0.6 is 11.6 Å². The van der Waals surface area contributed by atoms with Crippen molar-refractivity contribution in [2.75, 3.05) is 63.8 Å². The fraction of sp³-hybridized carbons (Fsp3) is 0.522. The summed E-state index contributed by atoms with van der Waals surface area (Å²) in [5.41, 5.74) is 1.46. The van der Waals surface area contributed by atoms with Crippen LogP contribution in [0.2, 0.25) is 5.02 Å². The van der Waals surface area contributed by atoms with Gasteiger partial charge >= 0.3 is 0 Å². The largest absolute Gasteiger partial charge is 0.424 e. The van der Waals surface area contributed by atoms with Gasteiger partial charge in [-0.2, -0.15) is 5.26 Å². The Balaban J connectivity index is 1.24. The van der Waals surface area contributed by atoms with Crippen molar-refractivity contribution in [3.63, 3.8) is 0 Å². The van der Waals surface area contributed by atoms with Crippen LogP contribution in [0.5, 0.6) is 0 Å². The van der Waals surface area contributed by atoms with Gasteiger partial charge in [-0.15, -0.1) is 0 Å². The second-order valence-electron chi connectivity index (χ2n) is 8.38. The predicted octanol–water partition coefficient (Wildman–Crippen LogP) is 2.54. The number of carbonyl (C=O) groups is 1. The van der Waals surface area contributed by atoms with Gasteiger partial charge in [0, 0.05) is 70.3 Å². The molecule has 0 spiro atoms. The SMILES string of the molecule is Cc1nc(C#N)c(N2CCN(C(=O)CN3CCN(C(C)c4ccccc4Cl)CC3)CC2)o1. The molecule has 8 nitrogen and oxygen atoms in total. The summed E-state index contributed by atoms with van der Waals surface area (Å²) >= 11 is 6.37. The zero-order valence-electron chi connectivity index (χ0n) is 18.6. The summed E-state index contributed by atoms with van der Waals surface area (Å²) < 4.78 is 5.60. The van der Waals surface area contributed by atoms with E-state index in [1.165, 1.54) is 0 Å². The van der Waals surface area contributed by atoms with Crippen LogP contribution in [-0.2, 0) is 4.79 Å². The second-order valence-corrected chi connectivity index (χ2v) is 8.78. The summed E-state index contributed by atoms with van der Waals surface area (Å²) in [6.07, 6.45) is 0. The molecule has 2 saturated heterocycles. The number of oxazole rings is 1. The van der Waals surface area contributed by atoms with E-state index in [4.69, 9.17) is 16.0 Å². The van der Waals surface area contributed by atoms with Crippen molar-refractivity contribution in [3.05, 3.63) is 46.4 Å². The van der Waals surface area contributed by atoms with Gasteiger partial charge in [0.1, 0.15) is 6.07 Å². The maximum atomic E-state index is 12.9. The van der Waals surface area contributed by atoms with Crippen LogP contribution in [0.1, 0.15) is 30.1 Å². The van der Waals surface area contributed by atoms with Gasteiger partial charge in [-0.25, -0.2) is 4.98 Å². The highest BCUT2D eigenvalue weighted by Crippen LogP contribution is 2.28. The van der Waals surface area contributed by atoms with Crippen LogP contribution in [0.3, 0.4) is 0 Å². The fourth-order valence-corrected chi connectivity index (χ4v) is 4.77. The molecule has 3 heterocycles. The molecule has 32 heavy (non-hydrogen) atoms. The molecule has 1 aromatic heterocycles. The smallest absolute Gasteiger partial charge is 0.236 e. The lowest BCUT2D eigenvalue weighted by molar-refractivity contribution is -0.133. The summed E-state index contributed by atoms with van der Waals surface area (Å²) in [4.78, 5) is 25.5. The minimum atomic E-state index is 0.159. The topological polar surface area (TPSA) is 79.9 Å². The molecule has 0 saturated carbocycles. The first-order valence-electron chi connectivity index (χ1n) is 11.1. The molecule has 2 aliphatic rings. The summed E-state index contributed by atoms with van der Waals surface area (Å²) in [6.45, 7) is 10.4. The minimum absolute atomic E-state index is 0.159. The highest BCUT2D eigenvalue weighted by molar-refractivity contribution is 6.31. The highest BCUT2D eigenvalue weighted by atomic mass is 35.5. The zero-order chi connectivity index (χ0) is 22.7. The van der Waals surface area contributed by atoms with Crippen LogP contribution < -0.4 is 4.90 Å². The molecule has 1 unspecified atom stereocenters. The van der Waals surface area contributed by atoms with Crippen molar-refractivity contribution in [2.45, 2.75) is 19.9 Å². The number of aryl methyl sites for hydroxylation is 1. The monoisotopic (exact) mass is 456 g/mol.